The predicted octanol–water partition coefficient (Wildman–Crippen LogP) is 3.61. The predicted molar refractivity (Wildman–Crippen MR) is 133 cm³/mol. The molecule has 0 aliphatic carbocycles. The Morgan fingerprint density at radius 3 is 2.51 bits per heavy atom. The van der Waals surface area contributed by atoms with E-state index in [9.17, 15) is 9.59 Å². The molecule has 3 aromatic rings. The van der Waals surface area contributed by atoms with Crippen molar-refractivity contribution in [1.29, 1.82) is 0 Å². The van der Waals surface area contributed by atoms with E-state index < -0.39 is 0 Å². The molecule has 2 atom stereocenters. The first kappa shape index (κ1) is 23.2. The van der Waals surface area contributed by atoms with Crippen LogP contribution in [0.3, 0.4) is 0 Å². The van der Waals surface area contributed by atoms with Gasteiger partial charge in [0.15, 0.2) is 0 Å². The molecular formula is C27H31N5O3. The third-order valence-corrected chi connectivity index (χ3v) is 7.35. The van der Waals surface area contributed by atoms with Gasteiger partial charge in [0, 0.05) is 50.4 Å². The maximum Gasteiger partial charge on any atom is 0.244 e. The van der Waals surface area contributed by atoms with Crippen LogP contribution in [-0.2, 0) is 9.59 Å². The molecule has 2 fully saturated rings. The molecule has 0 bridgehead atoms. The summed E-state index contributed by atoms with van der Waals surface area (Å²) in [5, 5.41) is 4.13. The summed E-state index contributed by atoms with van der Waals surface area (Å²) in [5.74, 6) is 0.961. The zero-order chi connectivity index (χ0) is 24.5. The van der Waals surface area contributed by atoms with Gasteiger partial charge in [-0.2, -0.15) is 4.98 Å². The van der Waals surface area contributed by atoms with Crippen molar-refractivity contribution in [1.82, 2.24) is 19.9 Å². The molecular weight excluding hydrogens is 442 g/mol. The number of aromatic nitrogens is 2. The molecule has 5 rings (SSSR count). The zero-order valence-corrected chi connectivity index (χ0v) is 20.5. The van der Waals surface area contributed by atoms with Gasteiger partial charge in [-0.25, -0.2) is 0 Å². The Labute approximate surface area is 205 Å². The molecule has 8 heteroatoms. The average Bonchev–Trinajstić information content (AvgIpc) is 3.53. The molecule has 0 radical (unpaired) electrons. The molecule has 35 heavy (non-hydrogen) atoms. The maximum atomic E-state index is 13.3. The fourth-order valence-electron chi connectivity index (χ4n) is 4.99. The number of carbonyl (C=O) groups excluding carboxylic acids is 2. The maximum absolute atomic E-state index is 13.3. The van der Waals surface area contributed by atoms with Gasteiger partial charge in [0.2, 0.25) is 23.5 Å². The molecule has 2 aromatic carbocycles. The summed E-state index contributed by atoms with van der Waals surface area (Å²) < 4.78 is 5.55. The van der Waals surface area contributed by atoms with Crippen molar-refractivity contribution < 1.29 is 14.1 Å². The molecule has 8 nitrogen and oxygen atoms in total. The van der Waals surface area contributed by atoms with Crippen molar-refractivity contribution in [3.05, 3.63) is 65.5 Å². The molecule has 2 saturated heterocycles. The Bertz CT molecular complexity index is 1220. The van der Waals surface area contributed by atoms with E-state index in [-0.39, 0.29) is 30.2 Å². The van der Waals surface area contributed by atoms with Gasteiger partial charge in [0.05, 0.1) is 12.0 Å². The summed E-state index contributed by atoms with van der Waals surface area (Å²) in [6, 6.07) is 15.7. The van der Waals surface area contributed by atoms with E-state index in [0.717, 1.165) is 35.5 Å². The normalized spacial score (nSPS) is 19.9. The minimum absolute atomic E-state index is 0.0231. The fraction of sp³-hybridized carbons (Fsp3) is 0.407. The Morgan fingerprint density at radius 2 is 1.77 bits per heavy atom. The fourth-order valence-corrected chi connectivity index (χ4v) is 4.99. The van der Waals surface area contributed by atoms with Crippen molar-refractivity contribution in [2.24, 2.45) is 5.92 Å². The van der Waals surface area contributed by atoms with Gasteiger partial charge >= 0.3 is 0 Å². The van der Waals surface area contributed by atoms with Gasteiger partial charge < -0.3 is 14.3 Å². The standard InChI is InChI=1S/C27H31N5O3/c1-18-8-7-11-23(19(18)2)32-17-22(16-24(32)33)27(34)31-14-12-30(13-15-31)20(3)26-28-25(29-35-26)21-9-5-4-6-10-21/h4-11,20,22H,12-17H2,1-3H3. The van der Waals surface area contributed by atoms with Gasteiger partial charge in [-0.05, 0) is 38.0 Å². The smallest absolute Gasteiger partial charge is 0.244 e. The molecule has 2 aliphatic rings. The third-order valence-electron chi connectivity index (χ3n) is 7.35. The summed E-state index contributed by atoms with van der Waals surface area (Å²) >= 11 is 0. The number of anilines is 1. The van der Waals surface area contributed by atoms with Crippen molar-refractivity contribution in [3.8, 4) is 11.4 Å². The molecule has 182 valence electrons. The van der Waals surface area contributed by atoms with Crippen LogP contribution in [0.5, 0.6) is 0 Å². The lowest BCUT2D eigenvalue weighted by molar-refractivity contribution is -0.137. The molecule has 2 aliphatic heterocycles. The summed E-state index contributed by atoms with van der Waals surface area (Å²) in [6.45, 7) is 9.25. The lowest BCUT2D eigenvalue weighted by atomic mass is 10.1. The lowest BCUT2D eigenvalue weighted by Gasteiger charge is -2.37. The zero-order valence-electron chi connectivity index (χ0n) is 20.5. The molecule has 0 saturated carbocycles. The second-order valence-electron chi connectivity index (χ2n) is 9.48. The van der Waals surface area contributed by atoms with Crippen LogP contribution < -0.4 is 4.90 Å². The van der Waals surface area contributed by atoms with Crippen molar-refractivity contribution in [2.45, 2.75) is 33.2 Å². The highest BCUT2D eigenvalue weighted by Crippen LogP contribution is 2.31. The van der Waals surface area contributed by atoms with Gasteiger partial charge in [0.1, 0.15) is 0 Å². The highest BCUT2D eigenvalue weighted by molar-refractivity contribution is 6.01. The first-order chi connectivity index (χ1) is 16.9. The minimum Gasteiger partial charge on any atom is -0.340 e. The van der Waals surface area contributed by atoms with Gasteiger partial charge in [-0.3, -0.25) is 14.5 Å². The second kappa shape index (κ2) is 9.62. The van der Waals surface area contributed by atoms with E-state index >= 15 is 0 Å². The van der Waals surface area contributed by atoms with Crippen LogP contribution >= 0.6 is 0 Å². The van der Waals surface area contributed by atoms with E-state index in [0.29, 0.717) is 31.3 Å². The monoisotopic (exact) mass is 473 g/mol. The number of hydrogen-bond donors (Lipinski definition) is 0. The molecule has 2 amide bonds. The van der Waals surface area contributed by atoms with E-state index in [4.69, 9.17) is 4.52 Å². The van der Waals surface area contributed by atoms with Crippen molar-refractivity contribution >= 4 is 17.5 Å². The van der Waals surface area contributed by atoms with E-state index in [1.807, 2.05) is 67.3 Å². The number of nitrogens with zero attached hydrogens (tertiary/aromatic N) is 5. The second-order valence-corrected chi connectivity index (χ2v) is 9.48. The van der Waals surface area contributed by atoms with Crippen LogP contribution in [0.25, 0.3) is 11.4 Å². The highest BCUT2D eigenvalue weighted by Gasteiger charge is 2.39. The Kier molecular flexibility index (Phi) is 6.38. The number of hydrogen-bond acceptors (Lipinski definition) is 6. The first-order valence-corrected chi connectivity index (χ1v) is 12.2. The SMILES string of the molecule is Cc1cccc(N2CC(C(=O)N3CCN(C(C)c4nc(-c5ccccc5)no4)CC3)CC2=O)c1C. The van der Waals surface area contributed by atoms with Crippen molar-refractivity contribution in [2.75, 3.05) is 37.6 Å². The number of carbonyl (C=O) groups is 2. The van der Waals surface area contributed by atoms with E-state index in [1.54, 1.807) is 4.90 Å². The lowest BCUT2D eigenvalue weighted by Crippen LogP contribution is -2.51. The average molecular weight is 474 g/mol. The number of amides is 2. The molecule has 0 N–H and O–H groups in total. The number of rotatable bonds is 5. The van der Waals surface area contributed by atoms with Gasteiger partial charge in [-0.15, -0.1) is 0 Å². The largest absolute Gasteiger partial charge is 0.340 e. The highest BCUT2D eigenvalue weighted by atomic mass is 16.5. The molecule has 3 heterocycles. The van der Waals surface area contributed by atoms with E-state index in [1.165, 1.54) is 0 Å². The minimum atomic E-state index is -0.296. The summed E-state index contributed by atoms with van der Waals surface area (Å²) in [7, 11) is 0. The topological polar surface area (TPSA) is 82.8 Å². The first-order valence-electron chi connectivity index (χ1n) is 12.2. The quantitative estimate of drug-likeness (QED) is 0.563. The van der Waals surface area contributed by atoms with Crippen LogP contribution in [-0.4, -0.2) is 64.5 Å². The summed E-state index contributed by atoms with van der Waals surface area (Å²) in [4.78, 5) is 36.6. The van der Waals surface area contributed by atoms with Crippen LogP contribution in [0.1, 0.15) is 36.4 Å². The van der Waals surface area contributed by atoms with Crippen LogP contribution in [0.15, 0.2) is 53.1 Å². The molecule has 1 aromatic heterocycles. The van der Waals surface area contributed by atoms with Crippen LogP contribution in [0.4, 0.5) is 5.69 Å². The Morgan fingerprint density at radius 1 is 1.03 bits per heavy atom. The number of piperazine rings is 1. The number of benzene rings is 2. The van der Waals surface area contributed by atoms with Crippen LogP contribution in [0, 0.1) is 19.8 Å². The Hall–Kier alpha value is -3.52. The van der Waals surface area contributed by atoms with Gasteiger partial charge in [0.25, 0.3) is 0 Å². The van der Waals surface area contributed by atoms with Gasteiger partial charge in [-0.1, -0.05) is 47.6 Å². The molecule has 2 unspecified atom stereocenters. The van der Waals surface area contributed by atoms with Crippen LogP contribution in [0.2, 0.25) is 0 Å². The van der Waals surface area contributed by atoms with Crippen molar-refractivity contribution in [3.63, 3.8) is 0 Å². The summed E-state index contributed by atoms with van der Waals surface area (Å²) in [5.41, 5.74) is 4.07. The molecule has 0 spiro atoms. The Balaban J connectivity index is 1.18. The van der Waals surface area contributed by atoms with E-state index in [2.05, 4.69) is 22.0 Å². The number of aryl methyl sites for hydroxylation is 1. The summed E-state index contributed by atoms with van der Waals surface area (Å²) in [6.07, 6.45) is 0.271. The third kappa shape index (κ3) is 4.58.